The van der Waals surface area contributed by atoms with Gasteiger partial charge in [0, 0.05) is 59.4 Å². The zero-order valence-corrected chi connectivity index (χ0v) is 25.3. The number of carboxylic acid groups (broad SMARTS) is 1. The topological polar surface area (TPSA) is 80.8 Å². The first-order valence-electron chi connectivity index (χ1n) is 13.9. The van der Waals surface area contributed by atoms with Gasteiger partial charge in [-0.3, -0.25) is 4.57 Å². The number of anilines is 2. The van der Waals surface area contributed by atoms with Crippen molar-refractivity contribution in [1.29, 1.82) is 0 Å². The monoisotopic (exact) mass is 627 g/mol. The summed E-state index contributed by atoms with van der Waals surface area (Å²) in [6.07, 6.45) is 4.61. The lowest BCUT2D eigenvalue weighted by molar-refractivity contribution is -0.403. The highest BCUT2D eigenvalue weighted by atomic mass is 31.2. The predicted octanol–water partition coefficient (Wildman–Crippen LogP) is 7.46. The smallest absolute Gasteiger partial charge is 0.339 e. The number of benzene rings is 4. The highest BCUT2D eigenvalue weighted by Gasteiger charge is 2.43. The molecule has 6 nitrogen and oxygen atoms in total. The Hall–Kier alpha value is -4.98. The minimum Gasteiger partial charge on any atom is -0.478 e. The van der Waals surface area contributed by atoms with E-state index in [1.807, 2.05) is 60.7 Å². The molecule has 1 unspecified atom stereocenters. The van der Waals surface area contributed by atoms with Crippen LogP contribution in [0.2, 0.25) is 0 Å². The number of aromatic carboxylic acids is 1. The summed E-state index contributed by atoms with van der Waals surface area (Å²) in [5.74, 6) is -6.48. The second-order valence-electron chi connectivity index (χ2n) is 10.8. The van der Waals surface area contributed by atoms with Crippen molar-refractivity contribution in [3.05, 3.63) is 148 Å². The lowest BCUT2D eigenvalue weighted by Crippen LogP contribution is -2.25. The van der Waals surface area contributed by atoms with E-state index in [2.05, 4.69) is 0 Å². The summed E-state index contributed by atoms with van der Waals surface area (Å²) in [6, 6.07) is 23.1. The summed E-state index contributed by atoms with van der Waals surface area (Å²) in [5, 5.41) is 9.81. The second kappa shape index (κ2) is 11.2. The maximum atomic E-state index is 16.0. The molecule has 1 atom stereocenters. The average molecular weight is 628 g/mol. The predicted molar refractivity (Wildman–Crippen MR) is 169 cm³/mol. The zero-order chi connectivity index (χ0) is 32.2. The fourth-order valence-corrected chi connectivity index (χ4v) is 7.64. The Bertz CT molecular complexity index is 2090. The maximum Gasteiger partial charge on any atom is 0.339 e. The molecular formula is C35H27F3N2O4P+. The molecule has 0 fully saturated rings. The second-order valence-corrected chi connectivity index (χ2v) is 12.9. The van der Waals surface area contributed by atoms with Crippen LogP contribution in [0.5, 0.6) is 0 Å². The number of para-hydroxylation sites is 2. The quantitative estimate of drug-likeness (QED) is 0.136. The van der Waals surface area contributed by atoms with E-state index >= 15 is 8.78 Å². The van der Waals surface area contributed by atoms with Crippen LogP contribution in [0.25, 0.3) is 5.57 Å². The molecule has 45 heavy (non-hydrogen) atoms. The van der Waals surface area contributed by atoms with Crippen LogP contribution < -0.4 is 10.2 Å². The Labute approximate surface area is 257 Å². The van der Waals surface area contributed by atoms with E-state index in [1.54, 1.807) is 35.7 Å². The van der Waals surface area contributed by atoms with Gasteiger partial charge in [-0.2, -0.15) is 4.58 Å². The van der Waals surface area contributed by atoms with Gasteiger partial charge in [0.05, 0.1) is 10.6 Å². The van der Waals surface area contributed by atoms with Crippen molar-refractivity contribution in [2.75, 3.05) is 19.0 Å². The maximum absolute atomic E-state index is 16.0. The normalized spacial score (nSPS) is 18.2. The van der Waals surface area contributed by atoms with Gasteiger partial charge in [-0.1, -0.05) is 42.5 Å². The summed E-state index contributed by atoms with van der Waals surface area (Å²) >= 11 is 0. The van der Waals surface area contributed by atoms with Gasteiger partial charge in [0.15, 0.2) is 11.6 Å². The molecule has 1 aliphatic carbocycles. The molecule has 0 saturated heterocycles. The van der Waals surface area contributed by atoms with E-state index in [9.17, 15) is 23.7 Å². The molecule has 1 heterocycles. The molecule has 0 aromatic heterocycles. The van der Waals surface area contributed by atoms with Gasteiger partial charge in [0.1, 0.15) is 18.4 Å². The van der Waals surface area contributed by atoms with Crippen LogP contribution in [0.1, 0.15) is 27.0 Å². The van der Waals surface area contributed by atoms with E-state index in [0.717, 1.165) is 18.3 Å². The van der Waals surface area contributed by atoms with Gasteiger partial charge < -0.3 is 14.9 Å². The summed E-state index contributed by atoms with van der Waals surface area (Å²) in [4.78, 5) is 26.0. The van der Waals surface area contributed by atoms with Gasteiger partial charge in [-0.25, -0.2) is 18.0 Å². The van der Waals surface area contributed by atoms with Crippen molar-refractivity contribution < 1.29 is 37.1 Å². The van der Waals surface area contributed by atoms with Gasteiger partial charge in [-0.15, -0.1) is 0 Å². The minimum absolute atomic E-state index is 0.0366. The van der Waals surface area contributed by atoms with Gasteiger partial charge in [0.25, 0.3) is 7.37 Å². The molecule has 2 N–H and O–H groups in total. The molecule has 226 valence electrons. The number of hydrogen-bond donors (Lipinski definition) is 2. The lowest BCUT2D eigenvalue weighted by atomic mass is 9.85. The van der Waals surface area contributed by atoms with Crippen molar-refractivity contribution in [3.8, 4) is 0 Å². The first-order chi connectivity index (χ1) is 21.4. The van der Waals surface area contributed by atoms with E-state index in [1.165, 1.54) is 24.3 Å². The molecule has 0 spiro atoms. The zero-order valence-electron chi connectivity index (χ0n) is 24.4. The molecule has 6 rings (SSSR count). The van der Waals surface area contributed by atoms with Crippen LogP contribution in [0.4, 0.5) is 30.2 Å². The van der Waals surface area contributed by atoms with Crippen LogP contribution in [-0.4, -0.2) is 40.4 Å². The molecule has 0 bridgehead atoms. The largest absolute Gasteiger partial charge is 0.478 e. The summed E-state index contributed by atoms with van der Waals surface area (Å²) < 4.78 is 62.3. The molecule has 0 radical (unpaired) electrons. The lowest BCUT2D eigenvalue weighted by Gasteiger charge is -2.32. The summed E-state index contributed by atoms with van der Waals surface area (Å²) in [6.45, 7) is 1.01. The Kier molecular flexibility index (Phi) is 7.47. The molecule has 10 heteroatoms. The molecule has 2 aliphatic rings. The number of allylic oxidation sites excluding steroid dienone is 5. The minimum atomic E-state index is -4.44. The van der Waals surface area contributed by atoms with Crippen molar-refractivity contribution >= 4 is 47.0 Å². The van der Waals surface area contributed by atoms with Gasteiger partial charge in [0.2, 0.25) is 11.4 Å². The average Bonchev–Trinajstić information content (AvgIpc) is 3.05. The molecule has 0 amide bonds. The van der Waals surface area contributed by atoms with Crippen molar-refractivity contribution in [1.82, 2.24) is 0 Å². The molecule has 1 aliphatic heterocycles. The number of hydrogen-bond acceptors (Lipinski definition) is 3. The van der Waals surface area contributed by atoms with E-state index in [-0.39, 0.29) is 27.3 Å². The van der Waals surface area contributed by atoms with Crippen LogP contribution in [0, 0.1) is 24.4 Å². The number of fused-ring (bicyclic) bond motifs is 2. The molecule has 4 aromatic carbocycles. The Balaban J connectivity index is 1.70. The first kappa shape index (κ1) is 30.1. The third-order valence-corrected chi connectivity index (χ3v) is 10.3. The highest BCUT2D eigenvalue weighted by Crippen LogP contribution is 2.60. The standard InChI is InChI=1S/C35H26F3N2O4P/c1-20-32(36)30(31(35(41)42)34(38)33(20)37)29-25-16-14-23(39(2)21-10-6-4-7-11-21)18-27(25)45(43,44)28-19-24(15-17-26(28)29)40(3)22-12-8-5-9-13-22/h4-19H,1-3H3,(H-,41,42,43,44)/p+1. The number of halogens is 3. The number of rotatable bonds is 5. The van der Waals surface area contributed by atoms with Gasteiger partial charge >= 0.3 is 5.97 Å². The van der Waals surface area contributed by atoms with Crippen LogP contribution in [0.15, 0.2) is 108 Å². The van der Waals surface area contributed by atoms with Crippen LogP contribution >= 0.6 is 7.37 Å². The third-order valence-electron chi connectivity index (χ3n) is 8.22. The van der Waals surface area contributed by atoms with E-state index < -0.39 is 47.5 Å². The van der Waals surface area contributed by atoms with E-state index in [0.29, 0.717) is 11.4 Å². The first-order valence-corrected chi connectivity index (χ1v) is 15.6. The highest BCUT2D eigenvalue weighted by molar-refractivity contribution is 7.71. The number of carboxylic acids is 1. The fourth-order valence-electron chi connectivity index (χ4n) is 5.74. The molecule has 4 aromatic rings. The third kappa shape index (κ3) is 4.85. The van der Waals surface area contributed by atoms with Gasteiger partial charge in [-0.05, 0) is 48.4 Å². The summed E-state index contributed by atoms with van der Waals surface area (Å²) in [5.41, 5.74) is -0.0424. The SMILES string of the molecule is Cc1c(F)c(F)c(C(=O)O)c(C2=C3C=CC(=[N+](C)c4ccccc4)C=C3P(=O)(O)c3cc(N(C)c4ccccc4)ccc32)c1F. The van der Waals surface area contributed by atoms with Crippen LogP contribution in [-0.2, 0) is 4.57 Å². The summed E-state index contributed by atoms with van der Waals surface area (Å²) in [7, 11) is -0.895. The van der Waals surface area contributed by atoms with Crippen LogP contribution in [0.3, 0.4) is 0 Å². The Morgan fingerprint density at radius 2 is 1.51 bits per heavy atom. The Morgan fingerprint density at radius 1 is 0.867 bits per heavy atom. The van der Waals surface area contributed by atoms with E-state index in [4.69, 9.17) is 0 Å². The van der Waals surface area contributed by atoms with Crippen molar-refractivity contribution in [2.45, 2.75) is 6.92 Å². The Morgan fingerprint density at radius 3 is 2.16 bits per heavy atom. The molecule has 0 saturated carbocycles. The number of nitrogens with zero attached hydrogens (tertiary/aromatic N) is 2. The van der Waals surface area contributed by atoms with Crippen molar-refractivity contribution in [3.63, 3.8) is 0 Å². The fraction of sp³-hybridized carbons (Fsp3) is 0.0857. The van der Waals surface area contributed by atoms with Crippen molar-refractivity contribution in [2.24, 2.45) is 0 Å². The molecular weight excluding hydrogens is 600 g/mol. The number of carbonyl (C=O) groups is 1.